The van der Waals surface area contributed by atoms with E-state index in [9.17, 15) is 0 Å². The van der Waals surface area contributed by atoms with Gasteiger partial charge in [0, 0.05) is 25.1 Å². The van der Waals surface area contributed by atoms with E-state index >= 15 is 0 Å². The smallest absolute Gasteiger partial charge is 0.223 e. The SMILES string of the molecule is COc1ccc(CN)c(OCc2noc(C)n2)c1. The Bertz CT molecular complexity index is 525. The van der Waals surface area contributed by atoms with Gasteiger partial charge in [0.1, 0.15) is 11.5 Å². The molecule has 0 aliphatic carbocycles. The van der Waals surface area contributed by atoms with Gasteiger partial charge in [-0.1, -0.05) is 11.2 Å². The first-order chi connectivity index (χ1) is 8.72. The van der Waals surface area contributed by atoms with E-state index in [4.69, 9.17) is 19.7 Å². The molecule has 6 nitrogen and oxygen atoms in total. The molecule has 2 rings (SSSR count). The Hall–Kier alpha value is -2.08. The van der Waals surface area contributed by atoms with Crippen LogP contribution in [0.1, 0.15) is 17.3 Å². The quantitative estimate of drug-likeness (QED) is 0.862. The molecule has 0 saturated heterocycles. The summed E-state index contributed by atoms with van der Waals surface area (Å²) < 4.78 is 15.6. The molecule has 18 heavy (non-hydrogen) atoms. The van der Waals surface area contributed by atoms with E-state index in [2.05, 4.69) is 10.1 Å². The number of ether oxygens (including phenoxy) is 2. The fraction of sp³-hybridized carbons (Fsp3) is 0.333. The summed E-state index contributed by atoms with van der Waals surface area (Å²) in [5, 5.41) is 3.76. The summed E-state index contributed by atoms with van der Waals surface area (Å²) in [5.41, 5.74) is 6.54. The van der Waals surface area contributed by atoms with Crippen LogP contribution in [0.4, 0.5) is 0 Å². The Kier molecular flexibility index (Phi) is 3.78. The Balaban J connectivity index is 2.11. The van der Waals surface area contributed by atoms with E-state index in [-0.39, 0.29) is 6.61 Å². The fourth-order valence-electron chi connectivity index (χ4n) is 1.51. The van der Waals surface area contributed by atoms with Gasteiger partial charge in [0.2, 0.25) is 11.7 Å². The molecule has 1 aromatic heterocycles. The zero-order chi connectivity index (χ0) is 13.0. The lowest BCUT2D eigenvalue weighted by atomic mass is 10.2. The summed E-state index contributed by atoms with van der Waals surface area (Å²) in [4.78, 5) is 4.06. The number of nitrogens with two attached hydrogens (primary N) is 1. The molecule has 1 aromatic carbocycles. The van der Waals surface area contributed by atoms with Gasteiger partial charge in [-0.25, -0.2) is 0 Å². The molecule has 0 radical (unpaired) electrons. The van der Waals surface area contributed by atoms with Gasteiger partial charge in [0.25, 0.3) is 0 Å². The minimum Gasteiger partial charge on any atom is -0.497 e. The van der Waals surface area contributed by atoms with Crippen molar-refractivity contribution in [3.05, 3.63) is 35.5 Å². The molecule has 0 spiro atoms. The normalized spacial score (nSPS) is 10.4. The van der Waals surface area contributed by atoms with Gasteiger partial charge in [-0.05, 0) is 6.07 Å². The first kappa shape index (κ1) is 12.4. The van der Waals surface area contributed by atoms with E-state index in [0.717, 1.165) is 5.56 Å². The van der Waals surface area contributed by atoms with Crippen LogP contribution in [0.2, 0.25) is 0 Å². The standard InChI is InChI=1S/C12H15N3O3/c1-8-14-12(15-18-8)7-17-11-5-10(16-2)4-3-9(11)6-13/h3-5H,6-7,13H2,1-2H3. The number of aromatic nitrogens is 2. The number of benzene rings is 1. The minimum absolute atomic E-state index is 0.234. The Morgan fingerprint density at radius 2 is 2.22 bits per heavy atom. The highest BCUT2D eigenvalue weighted by atomic mass is 16.5. The Morgan fingerprint density at radius 3 is 2.83 bits per heavy atom. The van der Waals surface area contributed by atoms with Crippen LogP contribution in [0.25, 0.3) is 0 Å². The number of nitrogens with zero attached hydrogens (tertiary/aromatic N) is 2. The van der Waals surface area contributed by atoms with Crippen LogP contribution in [0, 0.1) is 6.92 Å². The molecular formula is C12H15N3O3. The van der Waals surface area contributed by atoms with Crippen molar-refractivity contribution in [2.24, 2.45) is 5.73 Å². The van der Waals surface area contributed by atoms with Crippen molar-refractivity contribution in [2.75, 3.05) is 7.11 Å². The molecule has 0 aliphatic rings. The first-order valence-corrected chi connectivity index (χ1v) is 5.52. The third-order valence-electron chi connectivity index (χ3n) is 2.42. The lowest BCUT2D eigenvalue weighted by molar-refractivity contribution is 0.281. The van der Waals surface area contributed by atoms with Crippen molar-refractivity contribution in [1.29, 1.82) is 0 Å². The predicted molar refractivity (Wildman–Crippen MR) is 64.3 cm³/mol. The molecule has 2 N–H and O–H groups in total. The van der Waals surface area contributed by atoms with Gasteiger partial charge in [-0.2, -0.15) is 4.98 Å². The second kappa shape index (κ2) is 5.50. The van der Waals surface area contributed by atoms with Crippen molar-refractivity contribution < 1.29 is 14.0 Å². The summed E-state index contributed by atoms with van der Waals surface area (Å²) in [7, 11) is 1.60. The largest absolute Gasteiger partial charge is 0.497 e. The van der Waals surface area contributed by atoms with Crippen LogP contribution >= 0.6 is 0 Å². The van der Waals surface area contributed by atoms with Crippen molar-refractivity contribution in [1.82, 2.24) is 10.1 Å². The maximum atomic E-state index is 5.64. The highest BCUT2D eigenvalue weighted by Gasteiger charge is 2.07. The first-order valence-electron chi connectivity index (χ1n) is 5.52. The van der Waals surface area contributed by atoms with Crippen LogP contribution < -0.4 is 15.2 Å². The Morgan fingerprint density at radius 1 is 1.39 bits per heavy atom. The fourth-order valence-corrected chi connectivity index (χ4v) is 1.51. The van der Waals surface area contributed by atoms with E-state index in [1.54, 1.807) is 20.1 Å². The maximum Gasteiger partial charge on any atom is 0.223 e. The molecule has 0 bridgehead atoms. The average molecular weight is 249 g/mol. The summed E-state index contributed by atoms with van der Waals surface area (Å²) in [5.74, 6) is 2.39. The van der Waals surface area contributed by atoms with Gasteiger partial charge >= 0.3 is 0 Å². The van der Waals surface area contributed by atoms with Gasteiger partial charge in [0.15, 0.2) is 6.61 Å². The van der Waals surface area contributed by atoms with Crippen molar-refractivity contribution >= 4 is 0 Å². The van der Waals surface area contributed by atoms with E-state index < -0.39 is 0 Å². The predicted octanol–water partition coefficient (Wildman–Crippen LogP) is 1.42. The van der Waals surface area contributed by atoms with Crippen molar-refractivity contribution in [3.63, 3.8) is 0 Å². The molecule has 0 saturated carbocycles. The monoisotopic (exact) mass is 249 g/mol. The number of hydrogen-bond acceptors (Lipinski definition) is 6. The molecule has 2 aromatic rings. The van der Waals surface area contributed by atoms with Crippen LogP contribution in [0.3, 0.4) is 0 Å². The zero-order valence-electron chi connectivity index (χ0n) is 10.3. The molecule has 0 amide bonds. The highest BCUT2D eigenvalue weighted by Crippen LogP contribution is 2.25. The van der Waals surface area contributed by atoms with E-state index in [1.807, 2.05) is 12.1 Å². The lowest BCUT2D eigenvalue weighted by Gasteiger charge is -2.10. The summed E-state index contributed by atoms with van der Waals surface area (Å²) >= 11 is 0. The molecule has 0 unspecified atom stereocenters. The summed E-state index contributed by atoms with van der Waals surface area (Å²) in [6.45, 7) is 2.36. The molecular weight excluding hydrogens is 234 g/mol. The second-order valence-electron chi connectivity index (χ2n) is 3.70. The van der Waals surface area contributed by atoms with Crippen LogP contribution in [0.5, 0.6) is 11.5 Å². The average Bonchev–Trinajstić information content (AvgIpc) is 2.81. The van der Waals surface area contributed by atoms with E-state index in [1.165, 1.54) is 0 Å². The number of hydrogen-bond donors (Lipinski definition) is 1. The lowest BCUT2D eigenvalue weighted by Crippen LogP contribution is -2.04. The van der Waals surface area contributed by atoms with Crippen molar-refractivity contribution in [3.8, 4) is 11.5 Å². The topological polar surface area (TPSA) is 83.4 Å². The Labute approximate surface area is 105 Å². The molecule has 6 heteroatoms. The third kappa shape index (κ3) is 2.78. The van der Waals surface area contributed by atoms with Gasteiger partial charge < -0.3 is 19.7 Å². The van der Waals surface area contributed by atoms with Gasteiger partial charge in [0.05, 0.1) is 7.11 Å². The van der Waals surface area contributed by atoms with Crippen LogP contribution in [-0.2, 0) is 13.2 Å². The third-order valence-corrected chi connectivity index (χ3v) is 2.42. The number of aryl methyl sites for hydroxylation is 1. The van der Waals surface area contributed by atoms with E-state index in [0.29, 0.717) is 29.8 Å². The molecule has 0 atom stereocenters. The molecule has 0 aliphatic heterocycles. The van der Waals surface area contributed by atoms with Crippen LogP contribution in [-0.4, -0.2) is 17.3 Å². The minimum atomic E-state index is 0.234. The molecule has 96 valence electrons. The number of rotatable bonds is 5. The number of methoxy groups -OCH3 is 1. The molecule has 1 heterocycles. The summed E-state index contributed by atoms with van der Waals surface area (Å²) in [6, 6.07) is 5.50. The van der Waals surface area contributed by atoms with Crippen LogP contribution in [0.15, 0.2) is 22.7 Å². The van der Waals surface area contributed by atoms with Gasteiger partial charge in [-0.15, -0.1) is 0 Å². The second-order valence-corrected chi connectivity index (χ2v) is 3.70. The highest BCUT2D eigenvalue weighted by molar-refractivity contribution is 5.40. The zero-order valence-corrected chi connectivity index (χ0v) is 10.3. The molecule has 0 fully saturated rings. The van der Waals surface area contributed by atoms with Crippen molar-refractivity contribution in [2.45, 2.75) is 20.1 Å². The van der Waals surface area contributed by atoms with Gasteiger partial charge in [-0.3, -0.25) is 0 Å². The maximum absolute atomic E-state index is 5.64. The summed E-state index contributed by atoms with van der Waals surface area (Å²) in [6.07, 6.45) is 0.